The Morgan fingerprint density at radius 2 is 1.46 bits per heavy atom. The van der Waals surface area contributed by atoms with Gasteiger partial charge in [-0.3, -0.25) is 4.79 Å². The highest BCUT2D eigenvalue weighted by molar-refractivity contribution is 5.73. The summed E-state index contributed by atoms with van der Waals surface area (Å²) >= 11 is 0. The Labute approximate surface area is 148 Å². The van der Waals surface area contributed by atoms with E-state index >= 15 is 0 Å². The van der Waals surface area contributed by atoms with Crippen LogP contribution in [0, 0.1) is 0 Å². The van der Waals surface area contributed by atoms with Gasteiger partial charge in [0, 0.05) is 6.92 Å². The molecule has 1 amide bonds. The van der Waals surface area contributed by atoms with E-state index in [4.69, 9.17) is 19.3 Å². The molecule has 12 nitrogen and oxygen atoms in total. The number of hydrogen-bond acceptors (Lipinski definition) is 11. The zero-order valence-corrected chi connectivity index (χ0v) is 14.0. The molecule has 0 radical (unpaired) electrons. The summed E-state index contributed by atoms with van der Waals surface area (Å²) in [6.07, 6.45) is -13.7. The molecule has 0 aromatic carbocycles. The van der Waals surface area contributed by atoms with Crippen molar-refractivity contribution in [1.29, 1.82) is 0 Å². The first-order valence-corrected chi connectivity index (χ1v) is 8.06. The maximum absolute atomic E-state index is 11.4. The van der Waals surface area contributed by atoms with Crippen molar-refractivity contribution in [2.45, 2.75) is 68.3 Å². The smallest absolute Gasteiger partial charge is 0.217 e. The number of carbonyl (C=O) groups excluding carboxylic acids is 1. The van der Waals surface area contributed by atoms with E-state index in [2.05, 4.69) is 5.32 Å². The number of aliphatic hydroxyl groups excluding tert-OH is 7. The molecule has 2 saturated heterocycles. The van der Waals surface area contributed by atoms with Gasteiger partial charge in [0.25, 0.3) is 0 Å². The van der Waals surface area contributed by atoms with Crippen LogP contribution >= 0.6 is 0 Å². The van der Waals surface area contributed by atoms with Gasteiger partial charge < -0.3 is 55.3 Å². The fraction of sp³-hybridized carbons (Fsp3) is 0.929. The fourth-order valence-electron chi connectivity index (χ4n) is 2.96. The molecule has 0 aromatic rings. The Kier molecular flexibility index (Phi) is 7.27. The number of carbonyl (C=O) groups is 1. The van der Waals surface area contributed by atoms with Crippen LogP contribution in [0.25, 0.3) is 0 Å². The van der Waals surface area contributed by atoms with Crippen LogP contribution in [-0.2, 0) is 19.0 Å². The second kappa shape index (κ2) is 8.84. The first-order valence-electron chi connectivity index (χ1n) is 8.06. The zero-order valence-electron chi connectivity index (χ0n) is 14.0. The minimum absolute atomic E-state index is 0.581. The third-order valence-electron chi connectivity index (χ3n) is 4.38. The Bertz CT molecular complexity index is 480. The highest BCUT2D eigenvalue weighted by atomic mass is 16.7. The molecule has 2 fully saturated rings. The lowest BCUT2D eigenvalue weighted by Crippen LogP contribution is -2.67. The average molecular weight is 383 g/mol. The van der Waals surface area contributed by atoms with Crippen molar-refractivity contribution < 1.29 is 54.8 Å². The lowest BCUT2D eigenvalue weighted by Gasteiger charge is -2.46. The molecular formula is C14H25NO11. The van der Waals surface area contributed by atoms with E-state index in [0.29, 0.717) is 0 Å². The fourth-order valence-corrected chi connectivity index (χ4v) is 2.96. The number of hydrogen-bond donors (Lipinski definition) is 8. The molecule has 26 heavy (non-hydrogen) atoms. The highest BCUT2D eigenvalue weighted by Crippen LogP contribution is 2.28. The van der Waals surface area contributed by atoms with Gasteiger partial charge in [-0.15, -0.1) is 0 Å². The van der Waals surface area contributed by atoms with Crippen LogP contribution in [0.5, 0.6) is 0 Å². The maximum Gasteiger partial charge on any atom is 0.217 e. The van der Waals surface area contributed by atoms with E-state index < -0.39 is 80.5 Å². The Morgan fingerprint density at radius 3 is 2.00 bits per heavy atom. The van der Waals surface area contributed by atoms with Crippen molar-refractivity contribution in [3.8, 4) is 0 Å². The molecule has 2 aliphatic rings. The van der Waals surface area contributed by atoms with Crippen LogP contribution in [0.4, 0.5) is 0 Å². The average Bonchev–Trinajstić information content (AvgIpc) is 2.60. The highest BCUT2D eigenvalue weighted by Gasteiger charge is 2.50. The minimum atomic E-state index is -1.76. The van der Waals surface area contributed by atoms with E-state index in [9.17, 15) is 35.4 Å². The number of nitrogens with one attached hydrogen (secondary N) is 1. The first kappa shape index (κ1) is 21.4. The molecule has 0 spiro atoms. The largest absolute Gasteiger partial charge is 0.394 e. The summed E-state index contributed by atoms with van der Waals surface area (Å²) < 4.78 is 15.7. The molecule has 0 aromatic heterocycles. The minimum Gasteiger partial charge on any atom is -0.394 e. The second-order valence-electron chi connectivity index (χ2n) is 6.26. The van der Waals surface area contributed by atoms with E-state index in [0.717, 1.165) is 6.92 Å². The van der Waals surface area contributed by atoms with Gasteiger partial charge in [0.2, 0.25) is 5.91 Å². The zero-order chi connectivity index (χ0) is 19.6. The molecule has 2 aliphatic heterocycles. The summed E-state index contributed by atoms with van der Waals surface area (Å²) in [4.78, 5) is 11.4. The van der Waals surface area contributed by atoms with E-state index in [-0.39, 0.29) is 0 Å². The van der Waals surface area contributed by atoms with E-state index in [1.807, 2.05) is 0 Å². The van der Waals surface area contributed by atoms with Crippen LogP contribution in [0.2, 0.25) is 0 Å². The molecule has 0 bridgehead atoms. The van der Waals surface area contributed by atoms with Gasteiger partial charge in [0.05, 0.1) is 13.2 Å². The van der Waals surface area contributed by atoms with Crippen LogP contribution in [0.3, 0.4) is 0 Å². The van der Waals surface area contributed by atoms with Gasteiger partial charge >= 0.3 is 0 Å². The molecular weight excluding hydrogens is 358 g/mol. The van der Waals surface area contributed by atoms with E-state index in [1.54, 1.807) is 0 Å². The Morgan fingerprint density at radius 1 is 0.923 bits per heavy atom. The van der Waals surface area contributed by atoms with Gasteiger partial charge in [0.1, 0.15) is 48.8 Å². The third kappa shape index (κ3) is 4.31. The van der Waals surface area contributed by atoms with Crippen molar-refractivity contribution >= 4 is 5.91 Å². The normalized spacial score (nSPS) is 46.8. The number of amides is 1. The van der Waals surface area contributed by atoms with Gasteiger partial charge in [-0.05, 0) is 0 Å². The molecule has 0 aliphatic carbocycles. The van der Waals surface area contributed by atoms with Gasteiger partial charge in [-0.2, -0.15) is 0 Å². The summed E-state index contributed by atoms with van der Waals surface area (Å²) in [5, 5.41) is 70.7. The van der Waals surface area contributed by atoms with Crippen molar-refractivity contribution in [2.75, 3.05) is 13.2 Å². The summed E-state index contributed by atoms with van der Waals surface area (Å²) in [5.74, 6) is -0.581. The number of rotatable bonds is 5. The summed E-state index contributed by atoms with van der Waals surface area (Å²) in [6, 6.07) is -1.29. The summed E-state index contributed by atoms with van der Waals surface area (Å²) in [6.45, 7) is -0.183. The maximum atomic E-state index is 11.4. The molecule has 152 valence electrons. The topological polar surface area (TPSA) is 198 Å². The lowest BCUT2D eigenvalue weighted by atomic mass is 9.96. The molecule has 10 atom stereocenters. The van der Waals surface area contributed by atoms with Crippen molar-refractivity contribution in [1.82, 2.24) is 5.32 Å². The van der Waals surface area contributed by atoms with Gasteiger partial charge in [-0.25, -0.2) is 0 Å². The predicted molar refractivity (Wildman–Crippen MR) is 80.2 cm³/mol. The Balaban J connectivity index is 2.18. The van der Waals surface area contributed by atoms with Crippen molar-refractivity contribution in [3.63, 3.8) is 0 Å². The first-order chi connectivity index (χ1) is 12.2. The molecule has 12 heteroatoms. The van der Waals surface area contributed by atoms with Crippen molar-refractivity contribution in [2.24, 2.45) is 0 Å². The van der Waals surface area contributed by atoms with Crippen molar-refractivity contribution in [3.05, 3.63) is 0 Å². The molecule has 2 heterocycles. The summed E-state index contributed by atoms with van der Waals surface area (Å²) in [7, 11) is 0. The van der Waals surface area contributed by atoms with Crippen LogP contribution < -0.4 is 5.32 Å². The second-order valence-corrected chi connectivity index (χ2v) is 6.26. The molecule has 2 rings (SSSR count). The number of ether oxygens (including phenoxy) is 3. The molecule has 0 saturated carbocycles. The van der Waals surface area contributed by atoms with E-state index in [1.165, 1.54) is 0 Å². The standard InChI is InChI=1S/C14H25NO11/c1-4(18)15-7-10(21)8(19)6(3-17)25-14(7)26-12-11(22)9(20)5(2-16)24-13(12)23/h5-14,16-17,19-23H,2-3H2,1H3,(H,15,18)/t5-,6-,7-,8-,9+,10-,11+,12-,13?,14+/m1/s1. The lowest BCUT2D eigenvalue weighted by molar-refractivity contribution is -0.348. The van der Waals surface area contributed by atoms with Crippen LogP contribution in [0.1, 0.15) is 6.92 Å². The quantitative estimate of drug-likeness (QED) is 0.226. The van der Waals surface area contributed by atoms with Crippen LogP contribution in [0.15, 0.2) is 0 Å². The summed E-state index contributed by atoms with van der Waals surface area (Å²) in [5.41, 5.74) is 0. The SMILES string of the molecule is CC(=O)N[C@H]1[C@H](O[C@H]2C(O)O[C@H](CO)[C@H](O)[C@@H]2O)O[C@H](CO)[C@@H](O)[C@@H]1O. The third-order valence-corrected chi connectivity index (χ3v) is 4.38. The predicted octanol–water partition coefficient (Wildman–Crippen LogP) is -5.25. The molecule has 8 N–H and O–H groups in total. The number of aliphatic hydroxyl groups is 7. The molecule has 1 unspecified atom stereocenters. The van der Waals surface area contributed by atoms with Gasteiger partial charge in [-0.1, -0.05) is 0 Å². The monoisotopic (exact) mass is 383 g/mol. The Hall–Kier alpha value is -0.930. The van der Waals surface area contributed by atoms with Gasteiger partial charge in [0.15, 0.2) is 12.6 Å². The van der Waals surface area contributed by atoms with Crippen LogP contribution in [-0.4, -0.2) is 116 Å².